The Morgan fingerprint density at radius 1 is 0.833 bits per heavy atom. The van der Waals surface area contributed by atoms with Crippen molar-refractivity contribution >= 4 is 29.9 Å². The minimum Gasteiger partial charge on any atom is -0.345 e. The van der Waals surface area contributed by atoms with Crippen molar-refractivity contribution in [3.63, 3.8) is 0 Å². The minimum absolute atomic E-state index is 0.0670. The summed E-state index contributed by atoms with van der Waals surface area (Å²) in [6, 6.07) is -3.40. The molecule has 4 amide bonds. The van der Waals surface area contributed by atoms with Crippen LogP contribution >= 0.6 is 0 Å². The largest absolute Gasteiger partial charge is 0.345 e. The molecular formula is C25H40N6O5. The highest BCUT2D eigenvalue weighted by Gasteiger charge is 2.33. The van der Waals surface area contributed by atoms with Crippen molar-refractivity contribution < 1.29 is 24.0 Å². The van der Waals surface area contributed by atoms with E-state index in [0.29, 0.717) is 19.1 Å². The fourth-order valence-corrected chi connectivity index (χ4v) is 3.42. The van der Waals surface area contributed by atoms with Crippen LogP contribution in [0.1, 0.15) is 71.8 Å². The third-order valence-electron chi connectivity index (χ3n) is 5.55. The van der Waals surface area contributed by atoms with E-state index in [9.17, 15) is 24.0 Å². The second kappa shape index (κ2) is 14.9. The summed E-state index contributed by atoms with van der Waals surface area (Å²) in [6.07, 6.45) is 5.55. The van der Waals surface area contributed by atoms with Gasteiger partial charge in [0.1, 0.15) is 30.1 Å². The van der Waals surface area contributed by atoms with E-state index in [1.165, 1.54) is 18.6 Å². The van der Waals surface area contributed by atoms with E-state index in [2.05, 4.69) is 31.2 Å². The Hall–Kier alpha value is -3.37. The molecule has 0 radical (unpaired) electrons. The third kappa shape index (κ3) is 9.71. The predicted molar refractivity (Wildman–Crippen MR) is 135 cm³/mol. The molecule has 4 atom stereocenters. The standard InChI is InChI=1S/C25H40N6O5/c1-8-17(13-32)28-22(33)18(11-14(2)3)29-24(35)20(15(4)5)31-25(36)21(16(6)7)30-23(34)19-12-26-9-10-27-19/h9-10,12-18,20-21H,8,11H2,1-7H3,(H,28,33)(H,29,35)(H,30,34)(H,31,36)/t17-,18-,20-,21-/m0/s1. The normalized spacial score (nSPS) is 14.5. The first-order valence-corrected chi connectivity index (χ1v) is 12.3. The average molecular weight is 505 g/mol. The Morgan fingerprint density at radius 3 is 1.89 bits per heavy atom. The van der Waals surface area contributed by atoms with Gasteiger partial charge in [-0.3, -0.25) is 24.2 Å². The third-order valence-corrected chi connectivity index (χ3v) is 5.55. The van der Waals surface area contributed by atoms with E-state index in [4.69, 9.17) is 0 Å². The number of amides is 4. The molecule has 0 unspecified atom stereocenters. The van der Waals surface area contributed by atoms with Crippen LogP contribution in [0.2, 0.25) is 0 Å². The van der Waals surface area contributed by atoms with E-state index in [-0.39, 0.29) is 23.4 Å². The van der Waals surface area contributed by atoms with Crippen LogP contribution in [-0.2, 0) is 19.2 Å². The van der Waals surface area contributed by atoms with Crippen LogP contribution in [0.3, 0.4) is 0 Å². The van der Waals surface area contributed by atoms with Crippen molar-refractivity contribution in [3.8, 4) is 0 Å². The number of hydrogen-bond donors (Lipinski definition) is 4. The van der Waals surface area contributed by atoms with E-state index >= 15 is 0 Å². The highest BCUT2D eigenvalue weighted by Crippen LogP contribution is 2.10. The summed E-state index contributed by atoms with van der Waals surface area (Å²) in [6.45, 7) is 12.7. The van der Waals surface area contributed by atoms with Gasteiger partial charge in [-0.1, -0.05) is 48.5 Å². The van der Waals surface area contributed by atoms with E-state index in [1.807, 2.05) is 13.8 Å². The molecule has 200 valence electrons. The van der Waals surface area contributed by atoms with Crippen molar-refractivity contribution in [1.82, 2.24) is 31.2 Å². The zero-order valence-corrected chi connectivity index (χ0v) is 22.2. The second-order valence-electron chi connectivity index (χ2n) is 9.87. The summed E-state index contributed by atoms with van der Waals surface area (Å²) in [5.41, 5.74) is 0.0670. The van der Waals surface area contributed by atoms with Crippen LogP contribution in [0.15, 0.2) is 18.6 Å². The molecule has 0 aliphatic heterocycles. The Morgan fingerprint density at radius 2 is 1.42 bits per heavy atom. The first-order valence-electron chi connectivity index (χ1n) is 12.3. The molecule has 0 fully saturated rings. The zero-order valence-electron chi connectivity index (χ0n) is 22.2. The van der Waals surface area contributed by atoms with Crippen LogP contribution in [0.25, 0.3) is 0 Å². The second-order valence-corrected chi connectivity index (χ2v) is 9.87. The van der Waals surface area contributed by atoms with Crippen LogP contribution in [0.5, 0.6) is 0 Å². The Balaban J connectivity index is 3.00. The van der Waals surface area contributed by atoms with Crippen LogP contribution in [0.4, 0.5) is 0 Å². The number of nitrogens with one attached hydrogen (secondary N) is 4. The zero-order chi connectivity index (χ0) is 27.4. The number of carbonyl (C=O) groups excluding carboxylic acids is 5. The molecule has 11 nitrogen and oxygen atoms in total. The molecule has 0 bridgehead atoms. The maximum Gasteiger partial charge on any atom is 0.272 e. The maximum absolute atomic E-state index is 13.2. The fraction of sp³-hybridized carbons (Fsp3) is 0.640. The summed E-state index contributed by atoms with van der Waals surface area (Å²) in [5.74, 6) is -2.58. The summed E-state index contributed by atoms with van der Waals surface area (Å²) in [7, 11) is 0. The maximum atomic E-state index is 13.2. The van der Waals surface area contributed by atoms with Gasteiger partial charge in [-0.25, -0.2) is 4.98 Å². The van der Waals surface area contributed by atoms with Gasteiger partial charge in [0.15, 0.2) is 0 Å². The molecule has 0 saturated heterocycles. The van der Waals surface area contributed by atoms with Crippen molar-refractivity contribution in [3.05, 3.63) is 24.3 Å². The van der Waals surface area contributed by atoms with Crippen LogP contribution in [-0.4, -0.2) is 64.1 Å². The van der Waals surface area contributed by atoms with Crippen molar-refractivity contribution in [2.24, 2.45) is 17.8 Å². The molecule has 0 aromatic carbocycles. The molecule has 0 aliphatic carbocycles. The molecule has 0 saturated carbocycles. The Kier molecular flexibility index (Phi) is 12.7. The molecule has 1 aromatic rings. The van der Waals surface area contributed by atoms with Crippen molar-refractivity contribution in [2.75, 3.05) is 0 Å². The first-order chi connectivity index (χ1) is 16.9. The summed E-state index contributed by atoms with van der Waals surface area (Å²) >= 11 is 0. The van der Waals surface area contributed by atoms with Gasteiger partial charge < -0.3 is 26.1 Å². The lowest BCUT2D eigenvalue weighted by Gasteiger charge is -2.29. The van der Waals surface area contributed by atoms with Gasteiger partial charge in [-0.2, -0.15) is 0 Å². The topological polar surface area (TPSA) is 159 Å². The molecular weight excluding hydrogens is 464 g/mol. The summed E-state index contributed by atoms with van der Waals surface area (Å²) in [4.78, 5) is 70.6. The molecule has 0 spiro atoms. The highest BCUT2D eigenvalue weighted by molar-refractivity contribution is 5.97. The number of rotatable bonds is 14. The monoisotopic (exact) mass is 504 g/mol. The SMILES string of the molecule is CC[C@@H](C=O)NC(=O)[C@H](CC(C)C)NC(=O)[C@@H](NC(=O)[C@@H](NC(=O)c1cnccn1)C(C)C)C(C)C. The molecule has 1 heterocycles. The van der Waals surface area contributed by atoms with E-state index in [1.54, 1.807) is 34.6 Å². The molecule has 1 aromatic heterocycles. The Labute approximate surface area is 213 Å². The van der Waals surface area contributed by atoms with E-state index in [0.717, 1.165) is 0 Å². The lowest BCUT2D eigenvalue weighted by atomic mass is 9.98. The van der Waals surface area contributed by atoms with Crippen molar-refractivity contribution in [1.29, 1.82) is 0 Å². The minimum atomic E-state index is -0.956. The van der Waals surface area contributed by atoms with Gasteiger partial charge in [0, 0.05) is 12.4 Å². The summed E-state index contributed by atoms with van der Waals surface area (Å²) < 4.78 is 0. The Bertz CT molecular complexity index is 890. The molecule has 1 rings (SSSR count). The first kappa shape index (κ1) is 30.7. The smallest absolute Gasteiger partial charge is 0.272 e. The van der Waals surface area contributed by atoms with Gasteiger partial charge in [-0.15, -0.1) is 0 Å². The average Bonchev–Trinajstić information content (AvgIpc) is 2.83. The van der Waals surface area contributed by atoms with Crippen LogP contribution in [0, 0.1) is 17.8 Å². The number of aromatic nitrogens is 2. The van der Waals surface area contributed by atoms with Gasteiger partial charge in [0.05, 0.1) is 12.2 Å². The molecule has 11 heteroatoms. The fourth-order valence-electron chi connectivity index (χ4n) is 3.42. The predicted octanol–water partition coefficient (Wildman–Crippen LogP) is 0.996. The lowest BCUT2D eigenvalue weighted by molar-refractivity contribution is -0.134. The molecule has 0 aliphatic rings. The van der Waals surface area contributed by atoms with Gasteiger partial charge >= 0.3 is 0 Å². The quantitative estimate of drug-likeness (QED) is 0.275. The number of hydrogen-bond acceptors (Lipinski definition) is 7. The molecule has 4 N–H and O–H groups in total. The van der Waals surface area contributed by atoms with Crippen LogP contribution < -0.4 is 21.3 Å². The molecule has 36 heavy (non-hydrogen) atoms. The van der Waals surface area contributed by atoms with Gasteiger partial charge in [0.2, 0.25) is 17.7 Å². The van der Waals surface area contributed by atoms with E-state index < -0.39 is 47.8 Å². The number of nitrogens with zero attached hydrogens (tertiary/aromatic N) is 2. The highest BCUT2D eigenvalue weighted by atomic mass is 16.2. The van der Waals surface area contributed by atoms with Gasteiger partial charge in [-0.05, 0) is 30.6 Å². The van der Waals surface area contributed by atoms with Crippen molar-refractivity contribution in [2.45, 2.75) is 85.5 Å². The number of aldehydes is 1. The van der Waals surface area contributed by atoms with Gasteiger partial charge in [0.25, 0.3) is 5.91 Å². The lowest BCUT2D eigenvalue weighted by Crippen LogP contribution is -2.59. The summed E-state index contributed by atoms with van der Waals surface area (Å²) in [5, 5.41) is 10.8. The number of carbonyl (C=O) groups is 5.